The van der Waals surface area contributed by atoms with Crippen LogP contribution in [0.3, 0.4) is 0 Å². The highest BCUT2D eigenvalue weighted by atomic mass is 32.2. The van der Waals surface area contributed by atoms with Gasteiger partial charge in [-0.2, -0.15) is 0 Å². The Labute approximate surface area is 183 Å². The van der Waals surface area contributed by atoms with Crippen molar-refractivity contribution >= 4 is 39.4 Å². The van der Waals surface area contributed by atoms with E-state index in [0.29, 0.717) is 24.4 Å². The Morgan fingerprint density at radius 2 is 2.03 bits per heavy atom. The first-order valence-corrected chi connectivity index (χ1v) is 12.0. The van der Waals surface area contributed by atoms with E-state index in [2.05, 4.69) is 19.1 Å². The van der Waals surface area contributed by atoms with Gasteiger partial charge >= 0.3 is 6.09 Å². The third-order valence-corrected chi connectivity index (χ3v) is 7.35. The lowest BCUT2D eigenvalue weighted by atomic mass is 10.1. The second kappa shape index (κ2) is 9.22. The smallest absolute Gasteiger partial charge is 0.409 e. The highest BCUT2D eigenvalue weighted by Crippen LogP contribution is 2.30. The topological polar surface area (TPSA) is 64.4 Å². The van der Waals surface area contributed by atoms with Crippen LogP contribution in [0.4, 0.5) is 4.79 Å². The molecule has 1 aromatic carbocycles. The normalized spacial score (nSPS) is 14.9. The number of nitrogens with zero attached hydrogens (tertiary/aromatic N) is 3. The Balaban J connectivity index is 1.61. The minimum absolute atomic E-state index is 0.0249. The first-order valence-electron chi connectivity index (χ1n) is 10.2. The molecule has 0 radical (unpaired) electrons. The summed E-state index contributed by atoms with van der Waals surface area (Å²) in [6.45, 7) is 5.45. The zero-order chi connectivity index (χ0) is 21.1. The maximum Gasteiger partial charge on any atom is 0.409 e. The lowest BCUT2D eigenvalue weighted by Gasteiger charge is -2.32. The summed E-state index contributed by atoms with van der Waals surface area (Å²) in [6, 6.07) is 10.2. The number of rotatable bonds is 5. The summed E-state index contributed by atoms with van der Waals surface area (Å²) >= 11 is 3.05. The van der Waals surface area contributed by atoms with Crippen molar-refractivity contribution in [1.82, 2.24) is 14.5 Å². The van der Waals surface area contributed by atoms with Crippen molar-refractivity contribution in [3.63, 3.8) is 0 Å². The van der Waals surface area contributed by atoms with Crippen molar-refractivity contribution in [2.75, 3.05) is 19.7 Å². The summed E-state index contributed by atoms with van der Waals surface area (Å²) < 4.78 is 7.68. The maximum atomic E-state index is 13.3. The Kier molecular flexibility index (Phi) is 6.43. The fraction of sp³-hybridized carbons (Fsp3) is 0.409. The number of hydrogen-bond acceptors (Lipinski definition) is 6. The summed E-state index contributed by atoms with van der Waals surface area (Å²) in [5.41, 5.74) is 3.26. The molecule has 1 aliphatic heterocycles. The molecule has 0 saturated carbocycles. The van der Waals surface area contributed by atoms with Gasteiger partial charge in [0.2, 0.25) is 0 Å². The van der Waals surface area contributed by atoms with Crippen molar-refractivity contribution in [3.05, 3.63) is 57.2 Å². The third kappa shape index (κ3) is 4.25. The molecular formula is C22H25N3O3S2. The maximum absolute atomic E-state index is 13.3. The number of amides is 1. The first-order chi connectivity index (χ1) is 14.6. The van der Waals surface area contributed by atoms with Gasteiger partial charge in [-0.1, -0.05) is 36.0 Å². The molecule has 1 fully saturated rings. The van der Waals surface area contributed by atoms with Gasteiger partial charge < -0.3 is 9.64 Å². The third-order valence-electron chi connectivity index (χ3n) is 5.45. The highest BCUT2D eigenvalue weighted by Gasteiger charge is 2.28. The first kappa shape index (κ1) is 20.9. The number of ether oxygens (including phenoxy) is 1. The van der Waals surface area contributed by atoms with Crippen molar-refractivity contribution in [2.24, 2.45) is 0 Å². The van der Waals surface area contributed by atoms with E-state index in [4.69, 9.17) is 9.72 Å². The zero-order valence-corrected chi connectivity index (χ0v) is 18.8. The number of piperidine rings is 1. The minimum atomic E-state index is -0.274. The van der Waals surface area contributed by atoms with Crippen LogP contribution in [0.25, 0.3) is 10.2 Å². The Bertz CT molecular complexity index is 1100. The van der Waals surface area contributed by atoms with Crippen molar-refractivity contribution in [3.8, 4) is 0 Å². The van der Waals surface area contributed by atoms with Gasteiger partial charge in [0.15, 0.2) is 5.16 Å². The zero-order valence-electron chi connectivity index (χ0n) is 17.2. The number of likely N-dealkylation sites (tertiary alicyclic amines) is 1. The molecule has 3 aromatic rings. The molecule has 3 heterocycles. The SMILES string of the molecule is CCOC(=O)N1CCC(n2c(SCc3ccccc3C)nc3ccsc3c2=O)CC1. The second-order valence-electron chi connectivity index (χ2n) is 7.34. The number of hydrogen-bond donors (Lipinski definition) is 0. The molecule has 8 heteroatoms. The van der Waals surface area contributed by atoms with Gasteiger partial charge in [0.25, 0.3) is 5.56 Å². The van der Waals surface area contributed by atoms with E-state index < -0.39 is 0 Å². The fourth-order valence-electron chi connectivity index (χ4n) is 3.76. The summed E-state index contributed by atoms with van der Waals surface area (Å²) in [6.07, 6.45) is 1.16. The minimum Gasteiger partial charge on any atom is -0.450 e. The van der Waals surface area contributed by atoms with Gasteiger partial charge in [-0.3, -0.25) is 9.36 Å². The van der Waals surface area contributed by atoms with Gasteiger partial charge in [-0.25, -0.2) is 9.78 Å². The summed E-state index contributed by atoms with van der Waals surface area (Å²) in [4.78, 5) is 31.9. The van der Waals surface area contributed by atoms with E-state index in [0.717, 1.165) is 29.3 Å². The molecule has 158 valence electrons. The molecule has 1 amide bonds. The quantitative estimate of drug-likeness (QED) is 0.417. The fourth-order valence-corrected chi connectivity index (χ4v) is 5.67. The van der Waals surface area contributed by atoms with Crippen LogP contribution >= 0.6 is 23.1 Å². The van der Waals surface area contributed by atoms with E-state index in [-0.39, 0.29) is 17.7 Å². The van der Waals surface area contributed by atoms with Gasteiger partial charge in [-0.05, 0) is 49.3 Å². The second-order valence-corrected chi connectivity index (χ2v) is 9.20. The predicted octanol–water partition coefficient (Wildman–Crippen LogP) is 4.85. The molecule has 4 rings (SSSR count). The average molecular weight is 444 g/mol. The predicted molar refractivity (Wildman–Crippen MR) is 121 cm³/mol. The lowest BCUT2D eigenvalue weighted by Crippen LogP contribution is -2.41. The van der Waals surface area contributed by atoms with Crippen LogP contribution < -0.4 is 5.56 Å². The number of fused-ring (bicyclic) bond motifs is 1. The summed E-state index contributed by atoms with van der Waals surface area (Å²) in [5, 5.41) is 2.67. The van der Waals surface area contributed by atoms with E-state index in [1.807, 2.05) is 35.1 Å². The van der Waals surface area contributed by atoms with E-state index in [1.54, 1.807) is 16.7 Å². The van der Waals surface area contributed by atoms with Crippen LogP contribution in [0.1, 0.15) is 36.9 Å². The Morgan fingerprint density at radius 1 is 1.27 bits per heavy atom. The molecule has 30 heavy (non-hydrogen) atoms. The summed E-state index contributed by atoms with van der Waals surface area (Å²) in [5.74, 6) is 0.760. The summed E-state index contributed by atoms with van der Waals surface area (Å²) in [7, 11) is 0. The van der Waals surface area contributed by atoms with E-state index >= 15 is 0 Å². The van der Waals surface area contributed by atoms with Crippen LogP contribution in [-0.2, 0) is 10.5 Å². The van der Waals surface area contributed by atoms with Crippen LogP contribution in [0.2, 0.25) is 0 Å². The highest BCUT2D eigenvalue weighted by molar-refractivity contribution is 7.98. The number of carbonyl (C=O) groups is 1. The van der Waals surface area contributed by atoms with Crippen LogP contribution in [0.5, 0.6) is 0 Å². The molecule has 0 aliphatic carbocycles. The Morgan fingerprint density at radius 3 is 2.77 bits per heavy atom. The standard InChI is InChI=1S/C22H25N3O3S2/c1-3-28-22(27)24-11-8-17(9-12-24)25-20(26)19-18(10-13-29-19)23-21(25)30-14-16-7-5-4-6-15(16)2/h4-7,10,13,17H,3,8-9,11-12,14H2,1-2H3. The number of aryl methyl sites for hydroxylation is 1. The van der Waals surface area contributed by atoms with Gasteiger partial charge in [-0.15, -0.1) is 11.3 Å². The Hall–Kier alpha value is -2.32. The van der Waals surface area contributed by atoms with Crippen molar-refractivity contribution in [2.45, 2.75) is 43.6 Å². The molecule has 6 nitrogen and oxygen atoms in total. The molecule has 1 aliphatic rings. The van der Waals surface area contributed by atoms with Crippen molar-refractivity contribution in [1.29, 1.82) is 0 Å². The van der Waals surface area contributed by atoms with Crippen molar-refractivity contribution < 1.29 is 9.53 Å². The monoisotopic (exact) mass is 443 g/mol. The van der Waals surface area contributed by atoms with Gasteiger partial charge in [0.05, 0.1) is 12.1 Å². The number of thioether (sulfide) groups is 1. The molecule has 0 N–H and O–H groups in total. The average Bonchev–Trinajstić information content (AvgIpc) is 3.23. The molecule has 0 atom stereocenters. The van der Waals surface area contributed by atoms with Gasteiger partial charge in [0, 0.05) is 24.9 Å². The molecule has 2 aromatic heterocycles. The van der Waals surface area contributed by atoms with Crippen LogP contribution in [0, 0.1) is 6.92 Å². The van der Waals surface area contributed by atoms with Crippen LogP contribution in [-0.4, -0.2) is 40.2 Å². The van der Waals surface area contributed by atoms with E-state index in [9.17, 15) is 9.59 Å². The molecular weight excluding hydrogens is 418 g/mol. The number of carbonyl (C=O) groups excluding carboxylic acids is 1. The molecule has 0 bridgehead atoms. The molecule has 1 saturated heterocycles. The van der Waals surface area contributed by atoms with Gasteiger partial charge in [0.1, 0.15) is 4.70 Å². The molecule has 0 spiro atoms. The lowest BCUT2D eigenvalue weighted by molar-refractivity contribution is 0.0915. The largest absolute Gasteiger partial charge is 0.450 e. The number of benzene rings is 1. The van der Waals surface area contributed by atoms with E-state index in [1.165, 1.54) is 22.5 Å². The molecule has 0 unspecified atom stereocenters. The number of aromatic nitrogens is 2. The number of thiophene rings is 1. The van der Waals surface area contributed by atoms with Crippen LogP contribution in [0.15, 0.2) is 45.7 Å².